The molecule has 4 rings (SSSR count). The summed E-state index contributed by atoms with van der Waals surface area (Å²) in [6.45, 7) is 6.07. The number of methoxy groups -OCH3 is 1. The zero-order valence-electron chi connectivity index (χ0n) is 24.7. The number of carbonyl (C=O) groups excluding carboxylic acids is 2. The Labute approximate surface area is 250 Å². The number of hydrogen-bond donors (Lipinski definition) is 3. The number of aliphatic hydroxyl groups excluding tert-OH is 1. The van der Waals surface area contributed by atoms with E-state index in [0.29, 0.717) is 29.0 Å². The van der Waals surface area contributed by atoms with Crippen molar-refractivity contribution < 1.29 is 28.2 Å². The zero-order valence-corrected chi connectivity index (χ0v) is 24.7. The maximum absolute atomic E-state index is 14.0. The lowest BCUT2D eigenvalue weighted by Crippen LogP contribution is -2.48. The summed E-state index contributed by atoms with van der Waals surface area (Å²) in [6.07, 6.45) is -1.13. The lowest BCUT2D eigenvalue weighted by atomic mass is 9.94. The summed E-state index contributed by atoms with van der Waals surface area (Å²) in [7, 11) is 1.58. The van der Waals surface area contributed by atoms with Gasteiger partial charge in [0.15, 0.2) is 5.78 Å². The maximum Gasteiger partial charge on any atom is 0.251 e. The molecule has 4 aromatic rings. The van der Waals surface area contributed by atoms with Crippen LogP contribution in [0.15, 0.2) is 78.9 Å². The van der Waals surface area contributed by atoms with E-state index in [1.807, 2.05) is 56.3 Å². The third kappa shape index (κ3) is 8.56. The monoisotopic (exact) mass is 586 g/mol. The highest BCUT2D eigenvalue weighted by Crippen LogP contribution is 2.20. The van der Waals surface area contributed by atoms with Gasteiger partial charge in [-0.25, -0.2) is 8.78 Å². The van der Waals surface area contributed by atoms with Crippen LogP contribution >= 0.6 is 0 Å². The third-order valence-corrected chi connectivity index (χ3v) is 7.22. The molecule has 0 saturated heterocycles. The molecular formula is C35H36F2N2O4. The third-order valence-electron chi connectivity index (χ3n) is 7.22. The first-order valence-electron chi connectivity index (χ1n) is 14.0. The molecule has 2 atom stereocenters. The number of nitrogens with one attached hydrogen (secondary N) is 2. The van der Waals surface area contributed by atoms with Gasteiger partial charge in [-0.05, 0) is 98.0 Å². The molecule has 0 aromatic heterocycles. The fourth-order valence-electron chi connectivity index (χ4n) is 4.99. The summed E-state index contributed by atoms with van der Waals surface area (Å²) in [5.74, 6) is -1.52. The minimum atomic E-state index is -1.11. The lowest BCUT2D eigenvalue weighted by Gasteiger charge is -2.25. The van der Waals surface area contributed by atoms with Crippen molar-refractivity contribution in [1.82, 2.24) is 10.6 Å². The van der Waals surface area contributed by atoms with E-state index >= 15 is 0 Å². The molecule has 4 aromatic carbocycles. The van der Waals surface area contributed by atoms with Gasteiger partial charge in [0.25, 0.3) is 5.91 Å². The Balaban J connectivity index is 1.55. The first kappa shape index (κ1) is 31.5. The Bertz CT molecular complexity index is 1600. The Hall–Kier alpha value is -4.40. The van der Waals surface area contributed by atoms with Crippen LogP contribution in [-0.4, -0.2) is 42.6 Å². The van der Waals surface area contributed by atoms with Crippen LogP contribution in [0.4, 0.5) is 8.78 Å². The SMILES string of the molecule is COc1cccc(CNC[C@@H](O)[C@H](Cc2cc(F)cc(F)c2)NC(=O)c2cc(C)cc(C(=O)c3cc(C)ccc3C)c2)c1. The van der Waals surface area contributed by atoms with Crippen molar-refractivity contribution in [1.29, 1.82) is 0 Å². The van der Waals surface area contributed by atoms with Crippen molar-refractivity contribution in [2.75, 3.05) is 13.7 Å². The summed E-state index contributed by atoms with van der Waals surface area (Å²) in [5.41, 5.74) is 4.86. The van der Waals surface area contributed by atoms with Crippen LogP contribution in [-0.2, 0) is 13.0 Å². The first-order valence-corrected chi connectivity index (χ1v) is 14.0. The molecule has 0 fully saturated rings. The maximum atomic E-state index is 14.0. The standard InChI is InChI=1S/C35H36F2N2O4/c1-21-8-9-23(3)31(12-21)34(41)26-10-22(2)11-27(17-26)35(42)39-32(16-25-13-28(36)18-29(37)14-25)33(40)20-38-19-24-6-5-7-30(15-24)43-4/h5-15,17-18,32-33,38,40H,16,19-20H2,1-4H3,(H,39,42)/t32-,33+/m0/s1. The number of hydrogen-bond acceptors (Lipinski definition) is 5. The van der Waals surface area contributed by atoms with Crippen LogP contribution in [0.1, 0.15) is 54.1 Å². The summed E-state index contributed by atoms with van der Waals surface area (Å²) in [5, 5.41) is 17.1. The molecule has 8 heteroatoms. The minimum absolute atomic E-state index is 0.0253. The second-order valence-electron chi connectivity index (χ2n) is 10.8. The van der Waals surface area contributed by atoms with E-state index in [9.17, 15) is 23.5 Å². The van der Waals surface area contributed by atoms with Gasteiger partial charge in [0.1, 0.15) is 17.4 Å². The average molecular weight is 587 g/mol. The largest absolute Gasteiger partial charge is 0.497 e. The molecule has 6 nitrogen and oxygen atoms in total. The van der Waals surface area contributed by atoms with Gasteiger partial charge in [-0.3, -0.25) is 9.59 Å². The number of halogens is 2. The summed E-state index contributed by atoms with van der Waals surface area (Å²) in [4.78, 5) is 26.9. The first-order chi connectivity index (χ1) is 20.5. The molecule has 224 valence electrons. The van der Waals surface area contributed by atoms with E-state index in [0.717, 1.165) is 22.8 Å². The van der Waals surface area contributed by atoms with Gasteiger partial charge >= 0.3 is 0 Å². The van der Waals surface area contributed by atoms with Crippen LogP contribution in [0, 0.1) is 32.4 Å². The van der Waals surface area contributed by atoms with Gasteiger partial charge in [0, 0.05) is 35.8 Å². The number of benzene rings is 4. The lowest BCUT2D eigenvalue weighted by molar-refractivity contribution is 0.0829. The van der Waals surface area contributed by atoms with Crippen molar-refractivity contribution in [2.24, 2.45) is 0 Å². The number of rotatable bonds is 12. The molecule has 1 amide bonds. The van der Waals surface area contributed by atoms with Crippen LogP contribution in [0.5, 0.6) is 5.75 Å². The fraction of sp³-hybridized carbons (Fsp3) is 0.257. The van der Waals surface area contributed by atoms with Gasteiger partial charge in [-0.2, -0.15) is 0 Å². The second kappa shape index (κ2) is 14.2. The molecule has 3 N–H and O–H groups in total. The molecule has 0 aliphatic rings. The summed E-state index contributed by atoms with van der Waals surface area (Å²) >= 11 is 0. The van der Waals surface area contributed by atoms with Crippen LogP contribution in [0.25, 0.3) is 0 Å². The second-order valence-corrected chi connectivity index (χ2v) is 10.8. The molecule has 0 spiro atoms. The van der Waals surface area contributed by atoms with E-state index in [4.69, 9.17) is 4.74 Å². The van der Waals surface area contributed by atoms with E-state index < -0.39 is 29.7 Å². The number of ether oxygens (including phenoxy) is 1. The van der Waals surface area contributed by atoms with Crippen molar-refractivity contribution in [3.63, 3.8) is 0 Å². The summed E-state index contributed by atoms with van der Waals surface area (Å²) in [6, 6.07) is 20.2. The molecular weight excluding hydrogens is 550 g/mol. The molecule has 0 unspecified atom stereocenters. The number of aliphatic hydroxyl groups is 1. The predicted octanol–water partition coefficient (Wildman–Crippen LogP) is 5.62. The van der Waals surface area contributed by atoms with Crippen LogP contribution in [0.3, 0.4) is 0 Å². The topological polar surface area (TPSA) is 87.7 Å². The van der Waals surface area contributed by atoms with Crippen molar-refractivity contribution in [3.8, 4) is 5.75 Å². The van der Waals surface area contributed by atoms with Gasteiger partial charge < -0.3 is 20.5 Å². The molecule has 0 radical (unpaired) electrons. The number of aryl methyl sites for hydroxylation is 3. The smallest absolute Gasteiger partial charge is 0.251 e. The van der Waals surface area contributed by atoms with E-state index in [1.165, 1.54) is 18.2 Å². The molecule has 0 aliphatic heterocycles. The molecule has 0 aliphatic carbocycles. The van der Waals surface area contributed by atoms with Gasteiger partial charge in [-0.1, -0.05) is 29.8 Å². The number of ketones is 1. The van der Waals surface area contributed by atoms with Gasteiger partial charge in [-0.15, -0.1) is 0 Å². The van der Waals surface area contributed by atoms with Crippen LogP contribution in [0.2, 0.25) is 0 Å². The fourth-order valence-corrected chi connectivity index (χ4v) is 4.99. The number of amides is 1. The average Bonchev–Trinajstić information content (AvgIpc) is 2.96. The zero-order chi connectivity index (χ0) is 31.1. The minimum Gasteiger partial charge on any atom is -0.497 e. The Morgan fingerprint density at radius 2 is 1.56 bits per heavy atom. The highest BCUT2D eigenvalue weighted by Gasteiger charge is 2.24. The molecule has 0 saturated carbocycles. The van der Waals surface area contributed by atoms with E-state index in [1.54, 1.807) is 26.2 Å². The van der Waals surface area contributed by atoms with Crippen LogP contribution < -0.4 is 15.4 Å². The Morgan fingerprint density at radius 3 is 2.28 bits per heavy atom. The summed E-state index contributed by atoms with van der Waals surface area (Å²) < 4.78 is 33.2. The number of carbonyl (C=O) groups is 2. The van der Waals surface area contributed by atoms with Crippen molar-refractivity contribution >= 4 is 11.7 Å². The Kier molecular flexibility index (Phi) is 10.4. The molecule has 0 heterocycles. The molecule has 43 heavy (non-hydrogen) atoms. The quantitative estimate of drug-likeness (QED) is 0.188. The molecule has 0 bridgehead atoms. The normalized spacial score (nSPS) is 12.4. The van der Waals surface area contributed by atoms with Crippen molar-refractivity contribution in [2.45, 2.75) is 45.9 Å². The Morgan fingerprint density at radius 1 is 0.837 bits per heavy atom. The van der Waals surface area contributed by atoms with Gasteiger partial charge in [0.05, 0.1) is 19.3 Å². The predicted molar refractivity (Wildman–Crippen MR) is 163 cm³/mol. The van der Waals surface area contributed by atoms with Gasteiger partial charge in [0.2, 0.25) is 0 Å². The highest BCUT2D eigenvalue weighted by molar-refractivity contribution is 6.11. The van der Waals surface area contributed by atoms with Crippen molar-refractivity contribution in [3.05, 3.63) is 135 Å². The van der Waals surface area contributed by atoms with E-state index in [-0.39, 0.29) is 29.9 Å². The highest BCUT2D eigenvalue weighted by atomic mass is 19.1. The van der Waals surface area contributed by atoms with E-state index in [2.05, 4.69) is 10.6 Å².